The first kappa shape index (κ1) is 14.0. The van der Waals surface area contributed by atoms with E-state index >= 15 is 0 Å². The monoisotopic (exact) mass is 311 g/mol. The minimum atomic E-state index is -4.61. The molecule has 0 aromatic heterocycles. The smallest absolute Gasteiger partial charge is 0.416 e. The van der Waals surface area contributed by atoms with E-state index in [9.17, 15) is 18.0 Å². The summed E-state index contributed by atoms with van der Waals surface area (Å²) in [7, 11) is 0. The number of nitrogens with two attached hydrogens (primary N) is 1. The molecule has 0 saturated carbocycles. The van der Waals surface area contributed by atoms with Crippen LogP contribution in [0.25, 0.3) is 0 Å². The third-order valence-electron chi connectivity index (χ3n) is 2.24. The molecule has 94 valence electrons. The Morgan fingerprint density at radius 2 is 2.06 bits per heavy atom. The average Bonchev–Trinajstić information content (AvgIpc) is 2.19. The molecule has 0 amide bonds. The standard InChI is InChI=1S/C10H9BrF3NO2/c11-7-3-1-2-6(10(12,13)14)8(7)5(4-15)9(16)17/h1-3,5H,4,15H2,(H,16,17). The Bertz CT molecular complexity index is 434. The van der Waals surface area contributed by atoms with Crippen molar-refractivity contribution < 1.29 is 23.1 Å². The molecule has 1 aromatic rings. The Labute approximate surface area is 104 Å². The minimum Gasteiger partial charge on any atom is -0.481 e. The van der Waals surface area contributed by atoms with Crippen LogP contribution in [0.15, 0.2) is 22.7 Å². The van der Waals surface area contributed by atoms with Crippen LogP contribution in [-0.2, 0) is 11.0 Å². The maximum Gasteiger partial charge on any atom is 0.416 e. The molecule has 0 fully saturated rings. The molecule has 0 saturated heterocycles. The lowest BCUT2D eigenvalue weighted by Crippen LogP contribution is -2.24. The number of rotatable bonds is 3. The van der Waals surface area contributed by atoms with Crippen LogP contribution in [0.4, 0.5) is 13.2 Å². The molecule has 7 heteroatoms. The van der Waals surface area contributed by atoms with E-state index in [0.29, 0.717) is 0 Å². The third kappa shape index (κ3) is 2.98. The molecule has 3 nitrogen and oxygen atoms in total. The van der Waals surface area contributed by atoms with Crippen LogP contribution in [0.5, 0.6) is 0 Å². The Morgan fingerprint density at radius 3 is 2.47 bits per heavy atom. The fraction of sp³-hybridized carbons (Fsp3) is 0.300. The molecule has 3 N–H and O–H groups in total. The number of carboxylic acid groups (broad SMARTS) is 1. The van der Waals surface area contributed by atoms with Gasteiger partial charge in [-0.15, -0.1) is 0 Å². The molecule has 0 aliphatic rings. The van der Waals surface area contributed by atoms with Crippen molar-refractivity contribution in [3.8, 4) is 0 Å². The van der Waals surface area contributed by atoms with Crippen molar-refractivity contribution in [3.05, 3.63) is 33.8 Å². The Balaban J connectivity index is 3.44. The maximum absolute atomic E-state index is 12.7. The first-order chi connectivity index (χ1) is 7.79. The van der Waals surface area contributed by atoms with Crippen LogP contribution in [0, 0.1) is 0 Å². The Hall–Kier alpha value is -1.08. The third-order valence-corrected chi connectivity index (χ3v) is 2.93. The van der Waals surface area contributed by atoms with Gasteiger partial charge in [0.05, 0.1) is 11.5 Å². The van der Waals surface area contributed by atoms with Gasteiger partial charge >= 0.3 is 12.1 Å². The van der Waals surface area contributed by atoms with Gasteiger partial charge in [-0.1, -0.05) is 22.0 Å². The van der Waals surface area contributed by atoms with Crippen molar-refractivity contribution in [3.63, 3.8) is 0 Å². The van der Waals surface area contributed by atoms with Crippen LogP contribution < -0.4 is 5.73 Å². The number of carbonyl (C=O) groups is 1. The number of carboxylic acids is 1. The first-order valence-corrected chi connectivity index (χ1v) is 5.36. The second-order valence-corrected chi connectivity index (χ2v) is 4.18. The summed E-state index contributed by atoms with van der Waals surface area (Å²) >= 11 is 2.93. The summed E-state index contributed by atoms with van der Waals surface area (Å²) in [5.41, 5.74) is 3.90. The van der Waals surface area contributed by atoms with Crippen molar-refractivity contribution in [2.45, 2.75) is 12.1 Å². The van der Waals surface area contributed by atoms with E-state index in [1.165, 1.54) is 12.1 Å². The second kappa shape index (κ2) is 5.05. The highest BCUT2D eigenvalue weighted by molar-refractivity contribution is 9.10. The number of benzene rings is 1. The molecular formula is C10H9BrF3NO2. The molecule has 0 heterocycles. The first-order valence-electron chi connectivity index (χ1n) is 4.57. The van der Waals surface area contributed by atoms with E-state index in [1.54, 1.807) is 0 Å². The molecule has 0 aliphatic carbocycles. The summed E-state index contributed by atoms with van der Waals surface area (Å²) in [5.74, 6) is -2.77. The van der Waals surface area contributed by atoms with Gasteiger partial charge in [-0.05, 0) is 17.7 Å². The van der Waals surface area contributed by atoms with E-state index in [2.05, 4.69) is 15.9 Å². The zero-order valence-electron chi connectivity index (χ0n) is 8.46. The van der Waals surface area contributed by atoms with E-state index in [1.807, 2.05) is 0 Å². The zero-order valence-corrected chi connectivity index (χ0v) is 10.0. The van der Waals surface area contributed by atoms with E-state index in [0.717, 1.165) is 6.07 Å². The maximum atomic E-state index is 12.7. The van der Waals surface area contributed by atoms with Gasteiger partial charge in [-0.25, -0.2) is 0 Å². The van der Waals surface area contributed by atoms with Crippen LogP contribution in [0.2, 0.25) is 0 Å². The molecule has 0 aliphatic heterocycles. The molecule has 1 unspecified atom stereocenters. The van der Waals surface area contributed by atoms with Gasteiger partial charge in [0.1, 0.15) is 0 Å². The van der Waals surface area contributed by atoms with Gasteiger partial charge in [0.2, 0.25) is 0 Å². The molecule has 1 rings (SSSR count). The second-order valence-electron chi connectivity index (χ2n) is 3.33. The van der Waals surface area contributed by atoms with Crippen LogP contribution in [0.1, 0.15) is 17.0 Å². The van der Waals surface area contributed by atoms with Crippen molar-refractivity contribution in [1.29, 1.82) is 0 Å². The lowest BCUT2D eigenvalue weighted by molar-refractivity contribution is -0.141. The van der Waals surface area contributed by atoms with E-state index in [-0.39, 0.29) is 10.0 Å². The predicted molar refractivity (Wildman–Crippen MR) is 58.6 cm³/mol. The average molecular weight is 312 g/mol. The topological polar surface area (TPSA) is 63.3 Å². The van der Waals surface area contributed by atoms with Crippen LogP contribution in [0.3, 0.4) is 0 Å². The number of halogens is 4. The minimum absolute atomic E-state index is 0.0881. The highest BCUT2D eigenvalue weighted by Gasteiger charge is 2.37. The van der Waals surface area contributed by atoms with Gasteiger partial charge in [0, 0.05) is 11.0 Å². The highest BCUT2D eigenvalue weighted by Crippen LogP contribution is 2.38. The van der Waals surface area contributed by atoms with Gasteiger partial charge in [0.25, 0.3) is 0 Å². The Morgan fingerprint density at radius 1 is 1.47 bits per heavy atom. The summed E-state index contributed by atoms with van der Waals surface area (Å²) in [6.07, 6.45) is -4.61. The number of hydrogen-bond acceptors (Lipinski definition) is 2. The number of hydrogen-bond donors (Lipinski definition) is 2. The highest BCUT2D eigenvalue weighted by atomic mass is 79.9. The van der Waals surface area contributed by atoms with Crippen molar-refractivity contribution in [2.75, 3.05) is 6.54 Å². The van der Waals surface area contributed by atoms with Gasteiger partial charge in [-0.3, -0.25) is 4.79 Å². The number of alkyl halides is 3. The van der Waals surface area contributed by atoms with Crippen LogP contribution in [-0.4, -0.2) is 17.6 Å². The summed E-state index contributed by atoms with van der Waals surface area (Å²) in [5, 5.41) is 8.87. The molecule has 1 aromatic carbocycles. The van der Waals surface area contributed by atoms with Crippen molar-refractivity contribution >= 4 is 21.9 Å². The fourth-order valence-electron chi connectivity index (χ4n) is 1.48. The quantitative estimate of drug-likeness (QED) is 0.902. The summed E-state index contributed by atoms with van der Waals surface area (Å²) < 4.78 is 38.3. The van der Waals surface area contributed by atoms with Gasteiger partial charge in [-0.2, -0.15) is 13.2 Å². The van der Waals surface area contributed by atoms with Gasteiger partial charge in [0.15, 0.2) is 0 Å². The molecule has 0 radical (unpaired) electrons. The number of aliphatic carboxylic acids is 1. The molecule has 17 heavy (non-hydrogen) atoms. The normalized spacial score (nSPS) is 13.5. The van der Waals surface area contributed by atoms with E-state index in [4.69, 9.17) is 10.8 Å². The van der Waals surface area contributed by atoms with E-state index < -0.39 is 30.2 Å². The Kier molecular flexibility index (Phi) is 4.16. The molecule has 1 atom stereocenters. The summed E-state index contributed by atoms with van der Waals surface area (Å²) in [6, 6.07) is 3.40. The molecule has 0 bridgehead atoms. The fourth-order valence-corrected chi connectivity index (χ4v) is 2.12. The summed E-state index contributed by atoms with van der Waals surface area (Å²) in [6.45, 7) is -0.402. The zero-order chi connectivity index (χ0) is 13.2. The summed E-state index contributed by atoms with van der Waals surface area (Å²) in [4.78, 5) is 10.9. The van der Waals surface area contributed by atoms with Crippen molar-refractivity contribution in [1.82, 2.24) is 0 Å². The predicted octanol–water partition coefficient (Wildman–Crippen LogP) is 2.59. The largest absolute Gasteiger partial charge is 0.481 e. The van der Waals surface area contributed by atoms with Crippen LogP contribution >= 0.6 is 15.9 Å². The van der Waals surface area contributed by atoms with Gasteiger partial charge < -0.3 is 10.8 Å². The lowest BCUT2D eigenvalue weighted by Gasteiger charge is -2.18. The lowest BCUT2D eigenvalue weighted by atomic mass is 9.94. The SMILES string of the molecule is NCC(C(=O)O)c1c(Br)cccc1C(F)(F)F. The molecular weight excluding hydrogens is 303 g/mol. The molecule has 0 spiro atoms. The van der Waals surface area contributed by atoms with Crippen molar-refractivity contribution in [2.24, 2.45) is 5.73 Å².